The predicted octanol–water partition coefficient (Wildman–Crippen LogP) is 10.1. The molecule has 2 heteroatoms. The van der Waals surface area contributed by atoms with E-state index in [9.17, 15) is 0 Å². The number of nitrogens with zero attached hydrogens (tertiary/aromatic N) is 1. The zero-order chi connectivity index (χ0) is 24.3. The molecule has 37 heavy (non-hydrogen) atoms. The van der Waals surface area contributed by atoms with Crippen LogP contribution in [0.4, 0.5) is 0 Å². The summed E-state index contributed by atoms with van der Waals surface area (Å²) >= 11 is 1.75. The van der Waals surface area contributed by atoms with Crippen LogP contribution in [0.25, 0.3) is 76.1 Å². The highest BCUT2D eigenvalue weighted by molar-refractivity contribution is 7.21. The molecule has 6 aromatic carbocycles. The van der Waals surface area contributed by atoms with Crippen molar-refractivity contribution in [3.8, 4) is 55.1 Å². The van der Waals surface area contributed by atoms with Gasteiger partial charge in [0.15, 0.2) is 0 Å². The van der Waals surface area contributed by atoms with Gasteiger partial charge in [0.05, 0.1) is 10.2 Å². The highest BCUT2D eigenvalue weighted by Gasteiger charge is 2.21. The minimum atomic E-state index is 1.05. The van der Waals surface area contributed by atoms with E-state index in [4.69, 9.17) is 4.98 Å². The van der Waals surface area contributed by atoms with Crippen molar-refractivity contribution in [1.29, 1.82) is 0 Å². The van der Waals surface area contributed by atoms with Crippen LogP contribution in [0.1, 0.15) is 0 Å². The maximum absolute atomic E-state index is 4.85. The molecule has 1 aromatic heterocycles. The second-order valence-corrected chi connectivity index (χ2v) is 10.6. The van der Waals surface area contributed by atoms with Crippen molar-refractivity contribution in [2.75, 3.05) is 0 Å². The van der Waals surface area contributed by atoms with Gasteiger partial charge < -0.3 is 0 Å². The summed E-state index contributed by atoms with van der Waals surface area (Å²) in [7, 11) is 0. The summed E-state index contributed by atoms with van der Waals surface area (Å²) in [6.45, 7) is 0. The summed E-state index contributed by atoms with van der Waals surface area (Å²) < 4.78 is 1.22. The molecule has 1 aliphatic carbocycles. The van der Waals surface area contributed by atoms with E-state index in [1.54, 1.807) is 11.3 Å². The lowest BCUT2D eigenvalue weighted by Crippen LogP contribution is -1.83. The molecule has 0 atom stereocenters. The first-order valence-electron chi connectivity index (χ1n) is 12.6. The van der Waals surface area contributed by atoms with Crippen LogP contribution in [0.15, 0.2) is 127 Å². The molecule has 0 saturated carbocycles. The van der Waals surface area contributed by atoms with Gasteiger partial charge in [-0.3, -0.25) is 0 Å². The number of hydrogen-bond acceptors (Lipinski definition) is 2. The highest BCUT2D eigenvalue weighted by Crippen LogP contribution is 2.48. The molecule has 0 amide bonds. The van der Waals surface area contributed by atoms with Crippen molar-refractivity contribution >= 4 is 32.3 Å². The van der Waals surface area contributed by atoms with Crippen LogP contribution >= 0.6 is 11.3 Å². The number of thiazole rings is 1. The Morgan fingerprint density at radius 1 is 0.432 bits per heavy atom. The van der Waals surface area contributed by atoms with E-state index in [0.29, 0.717) is 0 Å². The third-order valence-corrected chi connectivity index (χ3v) is 8.53. The molecular weight excluding hydrogens is 466 g/mol. The molecule has 0 aliphatic heterocycles. The fourth-order valence-corrected chi connectivity index (χ4v) is 6.65. The van der Waals surface area contributed by atoms with Gasteiger partial charge in [0, 0.05) is 5.56 Å². The number of fused-ring (bicyclic) bond motifs is 4. The van der Waals surface area contributed by atoms with Gasteiger partial charge in [-0.15, -0.1) is 11.3 Å². The molecular formula is C35H21NS. The minimum absolute atomic E-state index is 1.05. The second-order valence-electron chi connectivity index (χ2n) is 9.61. The van der Waals surface area contributed by atoms with Gasteiger partial charge in [0.25, 0.3) is 0 Å². The summed E-state index contributed by atoms with van der Waals surface area (Å²) in [6.07, 6.45) is 0. The van der Waals surface area contributed by atoms with Crippen molar-refractivity contribution in [2.24, 2.45) is 0 Å². The van der Waals surface area contributed by atoms with Crippen LogP contribution in [0.3, 0.4) is 0 Å². The first-order chi connectivity index (χ1) is 18.3. The Morgan fingerprint density at radius 2 is 1.08 bits per heavy atom. The lowest BCUT2D eigenvalue weighted by molar-refractivity contribution is 1.48. The van der Waals surface area contributed by atoms with Gasteiger partial charge in [0.1, 0.15) is 5.01 Å². The van der Waals surface area contributed by atoms with Crippen LogP contribution < -0.4 is 0 Å². The van der Waals surface area contributed by atoms with Crippen LogP contribution in [0.2, 0.25) is 0 Å². The molecule has 0 spiro atoms. The van der Waals surface area contributed by atoms with Crippen molar-refractivity contribution < 1.29 is 0 Å². The molecule has 8 rings (SSSR count). The smallest absolute Gasteiger partial charge is 0.124 e. The molecule has 0 fully saturated rings. The van der Waals surface area contributed by atoms with E-state index in [1.807, 2.05) is 6.07 Å². The van der Waals surface area contributed by atoms with E-state index in [1.165, 1.54) is 65.5 Å². The topological polar surface area (TPSA) is 12.9 Å². The second kappa shape index (κ2) is 7.99. The van der Waals surface area contributed by atoms with Gasteiger partial charge >= 0.3 is 0 Å². The number of aromatic nitrogens is 1. The summed E-state index contributed by atoms with van der Waals surface area (Å²) in [5.74, 6) is 0. The Morgan fingerprint density at radius 3 is 1.84 bits per heavy atom. The molecule has 1 nitrogen and oxygen atoms in total. The quantitative estimate of drug-likeness (QED) is 0.242. The van der Waals surface area contributed by atoms with Gasteiger partial charge in [0.2, 0.25) is 0 Å². The van der Waals surface area contributed by atoms with E-state index in [2.05, 4.69) is 121 Å². The van der Waals surface area contributed by atoms with Gasteiger partial charge in [-0.1, -0.05) is 109 Å². The normalized spacial score (nSPS) is 11.8. The Bertz CT molecular complexity index is 1960. The number of rotatable bonds is 3. The van der Waals surface area contributed by atoms with Crippen LogP contribution in [-0.4, -0.2) is 4.98 Å². The van der Waals surface area contributed by atoms with Crippen molar-refractivity contribution in [2.45, 2.75) is 0 Å². The molecule has 0 radical (unpaired) electrons. The Labute approximate surface area is 219 Å². The SMILES string of the molecule is c1ccc(-c2nc3ccc(-c4ccc(-c5ccc6c(c5)-c5cccc7cccc-6c57)cc4)cc3s2)cc1. The molecule has 0 unspecified atom stereocenters. The third-order valence-electron chi connectivity index (χ3n) is 7.47. The molecule has 7 aromatic rings. The largest absolute Gasteiger partial charge is 0.236 e. The third kappa shape index (κ3) is 3.27. The van der Waals surface area contributed by atoms with E-state index in [-0.39, 0.29) is 0 Å². The van der Waals surface area contributed by atoms with Crippen LogP contribution in [0, 0.1) is 0 Å². The van der Waals surface area contributed by atoms with Gasteiger partial charge in [-0.05, 0) is 73.5 Å². The summed E-state index contributed by atoms with van der Waals surface area (Å²) in [4.78, 5) is 4.85. The maximum atomic E-state index is 4.85. The standard InChI is InChI=1S/C35H21NS/c1-2-6-25(7-3-1)35-36-32-19-17-27(21-33(32)37-35)23-14-12-22(13-15-23)26-16-18-28-29-10-4-8-24-9-5-11-30(34(24)29)31(28)20-26/h1-21H. The predicted molar refractivity (Wildman–Crippen MR) is 158 cm³/mol. The molecule has 0 bridgehead atoms. The van der Waals surface area contributed by atoms with Crippen molar-refractivity contribution in [3.63, 3.8) is 0 Å². The van der Waals surface area contributed by atoms with E-state index >= 15 is 0 Å². The molecule has 0 N–H and O–H groups in total. The Kier molecular flexibility index (Phi) is 4.46. The Balaban J connectivity index is 1.14. The molecule has 1 aliphatic rings. The average Bonchev–Trinajstić information content (AvgIpc) is 3.54. The molecule has 0 saturated heterocycles. The minimum Gasteiger partial charge on any atom is -0.236 e. The first-order valence-corrected chi connectivity index (χ1v) is 13.4. The maximum Gasteiger partial charge on any atom is 0.124 e. The van der Waals surface area contributed by atoms with Gasteiger partial charge in [-0.25, -0.2) is 4.98 Å². The zero-order valence-corrected chi connectivity index (χ0v) is 20.8. The lowest BCUT2D eigenvalue weighted by atomic mass is 9.96. The highest BCUT2D eigenvalue weighted by atomic mass is 32.1. The van der Waals surface area contributed by atoms with Crippen molar-refractivity contribution in [3.05, 3.63) is 127 Å². The van der Waals surface area contributed by atoms with Gasteiger partial charge in [-0.2, -0.15) is 0 Å². The molecule has 172 valence electrons. The number of hydrogen-bond donors (Lipinski definition) is 0. The van der Waals surface area contributed by atoms with Crippen LogP contribution in [0.5, 0.6) is 0 Å². The fourth-order valence-electron chi connectivity index (χ4n) is 5.63. The summed E-state index contributed by atoms with van der Waals surface area (Å²) in [5, 5.41) is 3.75. The van der Waals surface area contributed by atoms with E-state index in [0.717, 1.165) is 10.5 Å². The first kappa shape index (κ1) is 20.6. The summed E-state index contributed by atoms with van der Waals surface area (Å²) in [6, 6.07) is 46.1. The average molecular weight is 488 g/mol. The van der Waals surface area contributed by atoms with Crippen LogP contribution in [-0.2, 0) is 0 Å². The fraction of sp³-hybridized carbons (Fsp3) is 0. The Hall–Kier alpha value is -4.53. The van der Waals surface area contributed by atoms with E-state index < -0.39 is 0 Å². The summed E-state index contributed by atoms with van der Waals surface area (Å²) in [5.41, 5.74) is 12.5. The van der Waals surface area contributed by atoms with Crippen molar-refractivity contribution in [1.82, 2.24) is 4.98 Å². The number of benzene rings is 6. The zero-order valence-electron chi connectivity index (χ0n) is 20.0. The monoisotopic (exact) mass is 487 g/mol. The molecule has 1 heterocycles. The lowest BCUT2D eigenvalue weighted by Gasteiger charge is -2.08.